The zero-order valence-electron chi connectivity index (χ0n) is 10.7. The monoisotopic (exact) mass is 275 g/mol. The number of aromatic nitrogens is 2. The first kappa shape index (κ1) is 12.7. The third-order valence-electron chi connectivity index (χ3n) is 3.42. The van der Waals surface area contributed by atoms with Crippen LogP contribution in [0.5, 0.6) is 0 Å². The molecule has 3 rings (SSSR count). The Hall–Kier alpha value is -1.33. The lowest BCUT2D eigenvalue weighted by atomic mass is 10.1. The van der Waals surface area contributed by atoms with Crippen molar-refractivity contribution in [2.24, 2.45) is 0 Å². The Balaban J connectivity index is 1.77. The van der Waals surface area contributed by atoms with Gasteiger partial charge < -0.3 is 5.32 Å². The lowest BCUT2D eigenvalue weighted by molar-refractivity contribution is 0.427. The second-order valence-electron chi connectivity index (χ2n) is 4.86. The molecule has 1 aromatic heterocycles. The van der Waals surface area contributed by atoms with Crippen LogP contribution in [-0.4, -0.2) is 32.5 Å². The third-order valence-corrected chi connectivity index (χ3v) is 4.79. The molecule has 2 atom stereocenters. The van der Waals surface area contributed by atoms with Gasteiger partial charge in [-0.2, -0.15) is 0 Å². The first-order valence-corrected chi connectivity index (χ1v) is 7.98. The Morgan fingerprint density at radius 1 is 1.26 bits per heavy atom. The minimum atomic E-state index is -1.07. The molecule has 4 nitrogen and oxygen atoms in total. The van der Waals surface area contributed by atoms with Crippen molar-refractivity contribution in [3.8, 4) is 0 Å². The molecule has 0 spiro atoms. The summed E-state index contributed by atoms with van der Waals surface area (Å²) in [7, 11) is -1.07. The highest BCUT2D eigenvalue weighted by atomic mass is 32.2. The topological polar surface area (TPSA) is 54.9 Å². The summed E-state index contributed by atoms with van der Waals surface area (Å²) in [5.41, 5.74) is 1.66. The van der Waals surface area contributed by atoms with E-state index in [0.717, 1.165) is 24.0 Å². The van der Waals surface area contributed by atoms with Crippen LogP contribution in [-0.2, 0) is 10.8 Å². The van der Waals surface area contributed by atoms with Crippen molar-refractivity contribution < 1.29 is 4.21 Å². The van der Waals surface area contributed by atoms with Gasteiger partial charge in [0.15, 0.2) is 0 Å². The van der Waals surface area contributed by atoms with E-state index in [1.54, 1.807) is 6.20 Å². The highest BCUT2D eigenvalue weighted by Gasteiger charge is 2.17. The van der Waals surface area contributed by atoms with E-state index in [0.29, 0.717) is 16.8 Å². The fourth-order valence-electron chi connectivity index (χ4n) is 2.38. The van der Waals surface area contributed by atoms with E-state index >= 15 is 0 Å². The number of hydrogen-bond acceptors (Lipinski definition) is 4. The molecule has 1 N–H and O–H groups in total. The van der Waals surface area contributed by atoms with Gasteiger partial charge in [0.2, 0.25) is 0 Å². The van der Waals surface area contributed by atoms with Crippen molar-refractivity contribution in [3.63, 3.8) is 0 Å². The fraction of sp³-hybridized carbons (Fsp3) is 0.429. The minimum Gasteiger partial charge on any atom is -0.313 e. The maximum atomic E-state index is 12.3. The molecule has 1 aliphatic heterocycles. The summed E-state index contributed by atoms with van der Waals surface area (Å²) in [6.45, 7) is 1.03. The molecule has 100 valence electrons. The van der Waals surface area contributed by atoms with E-state index in [4.69, 9.17) is 0 Å². The highest BCUT2D eigenvalue weighted by Crippen LogP contribution is 2.14. The van der Waals surface area contributed by atoms with Crippen molar-refractivity contribution in [3.05, 3.63) is 30.5 Å². The van der Waals surface area contributed by atoms with Crippen LogP contribution >= 0.6 is 0 Å². The number of hydrogen-bond donors (Lipinski definition) is 1. The quantitative estimate of drug-likeness (QED) is 0.929. The zero-order valence-corrected chi connectivity index (χ0v) is 11.5. The number of fused-ring (bicyclic) bond motifs is 1. The van der Waals surface area contributed by atoms with Gasteiger partial charge in [0.05, 0.1) is 28.0 Å². The highest BCUT2D eigenvalue weighted by molar-refractivity contribution is 7.85. The lowest BCUT2D eigenvalue weighted by Gasteiger charge is -2.22. The van der Waals surface area contributed by atoms with E-state index in [-0.39, 0.29) is 0 Å². The van der Waals surface area contributed by atoms with Crippen LogP contribution in [0.25, 0.3) is 11.0 Å². The molecule has 0 bridgehead atoms. The third kappa shape index (κ3) is 2.98. The van der Waals surface area contributed by atoms with Gasteiger partial charge >= 0.3 is 0 Å². The maximum absolute atomic E-state index is 12.3. The minimum absolute atomic E-state index is 0.350. The van der Waals surface area contributed by atoms with Crippen LogP contribution < -0.4 is 5.32 Å². The maximum Gasteiger partial charge on any atom is 0.146 e. The zero-order chi connectivity index (χ0) is 13.1. The molecular weight excluding hydrogens is 258 g/mol. The average molecular weight is 275 g/mol. The van der Waals surface area contributed by atoms with Crippen molar-refractivity contribution in [2.45, 2.75) is 30.3 Å². The Kier molecular flexibility index (Phi) is 3.84. The van der Waals surface area contributed by atoms with Gasteiger partial charge in [-0.25, -0.2) is 4.98 Å². The van der Waals surface area contributed by atoms with Gasteiger partial charge in [-0.3, -0.25) is 9.19 Å². The summed E-state index contributed by atoms with van der Waals surface area (Å²) >= 11 is 0. The van der Waals surface area contributed by atoms with Crippen LogP contribution in [0.4, 0.5) is 0 Å². The second kappa shape index (κ2) is 5.75. The summed E-state index contributed by atoms with van der Waals surface area (Å²) in [5, 5.41) is 4.00. The summed E-state index contributed by atoms with van der Waals surface area (Å²) in [4.78, 5) is 8.77. The van der Waals surface area contributed by atoms with E-state index < -0.39 is 10.8 Å². The number of benzene rings is 1. The van der Waals surface area contributed by atoms with Gasteiger partial charge in [-0.1, -0.05) is 18.6 Å². The van der Waals surface area contributed by atoms with Gasteiger partial charge in [0.25, 0.3) is 0 Å². The van der Waals surface area contributed by atoms with Crippen LogP contribution in [0, 0.1) is 0 Å². The molecule has 1 saturated heterocycles. The van der Waals surface area contributed by atoms with Crippen LogP contribution in [0.15, 0.2) is 35.5 Å². The van der Waals surface area contributed by atoms with E-state index in [1.165, 1.54) is 12.8 Å². The van der Waals surface area contributed by atoms with Gasteiger partial charge in [-0.15, -0.1) is 0 Å². The van der Waals surface area contributed by atoms with E-state index in [2.05, 4.69) is 15.3 Å². The molecular formula is C14H17N3OS. The first-order valence-electron chi connectivity index (χ1n) is 6.66. The summed E-state index contributed by atoms with van der Waals surface area (Å²) in [6, 6.07) is 8.02. The van der Waals surface area contributed by atoms with Crippen molar-refractivity contribution in [1.82, 2.24) is 15.3 Å². The van der Waals surface area contributed by atoms with Crippen LogP contribution in [0.3, 0.4) is 0 Å². The molecule has 5 heteroatoms. The average Bonchev–Trinajstić information content (AvgIpc) is 2.48. The van der Waals surface area contributed by atoms with Crippen molar-refractivity contribution in [2.75, 3.05) is 12.3 Å². The van der Waals surface area contributed by atoms with E-state index in [9.17, 15) is 4.21 Å². The molecule has 0 amide bonds. The number of nitrogens with zero attached hydrogens (tertiary/aromatic N) is 2. The van der Waals surface area contributed by atoms with E-state index in [1.807, 2.05) is 24.3 Å². The molecule has 1 aromatic carbocycles. The normalized spacial score (nSPS) is 21.4. The summed E-state index contributed by atoms with van der Waals surface area (Å²) in [5.74, 6) is 0.632. The fourth-order valence-corrected chi connectivity index (χ4v) is 3.58. The molecule has 2 heterocycles. The summed E-state index contributed by atoms with van der Waals surface area (Å²) < 4.78 is 12.3. The molecule has 1 fully saturated rings. The molecule has 0 saturated carbocycles. The predicted molar refractivity (Wildman–Crippen MR) is 76.5 cm³/mol. The van der Waals surface area contributed by atoms with Crippen molar-refractivity contribution >= 4 is 21.8 Å². The first-order chi connectivity index (χ1) is 9.33. The number of rotatable bonds is 3. The molecule has 0 unspecified atom stereocenters. The van der Waals surface area contributed by atoms with Crippen molar-refractivity contribution in [1.29, 1.82) is 0 Å². The van der Waals surface area contributed by atoms with Gasteiger partial charge in [0.1, 0.15) is 5.03 Å². The Labute approximate surface area is 115 Å². The SMILES string of the molecule is O=[S@](C[C@@H]1CCCCN1)c1cnc2ccccc2n1. The largest absolute Gasteiger partial charge is 0.313 e. The number of nitrogens with one attached hydrogen (secondary N) is 1. The predicted octanol–water partition coefficient (Wildman–Crippen LogP) is 1.88. The smallest absolute Gasteiger partial charge is 0.146 e. The molecule has 2 aromatic rings. The molecule has 0 aliphatic carbocycles. The molecule has 19 heavy (non-hydrogen) atoms. The Morgan fingerprint density at radius 2 is 2.11 bits per heavy atom. The Morgan fingerprint density at radius 3 is 2.89 bits per heavy atom. The molecule has 1 aliphatic rings. The Bertz CT molecular complexity index is 596. The summed E-state index contributed by atoms with van der Waals surface area (Å²) in [6.07, 6.45) is 5.19. The number of piperidine rings is 1. The van der Waals surface area contributed by atoms with Crippen LogP contribution in [0.2, 0.25) is 0 Å². The van der Waals surface area contributed by atoms with Gasteiger partial charge in [-0.05, 0) is 31.5 Å². The van der Waals surface area contributed by atoms with Gasteiger partial charge in [0, 0.05) is 11.8 Å². The standard InChI is InChI=1S/C14H17N3OS/c18-19(10-11-5-3-4-8-15-11)14-9-16-12-6-1-2-7-13(12)17-14/h1-2,6-7,9,11,15H,3-5,8,10H2/t11-,19+/m0/s1. The molecule has 0 radical (unpaired) electrons. The second-order valence-corrected chi connectivity index (χ2v) is 6.30. The lowest BCUT2D eigenvalue weighted by Crippen LogP contribution is -2.38. The number of para-hydroxylation sites is 2. The van der Waals surface area contributed by atoms with Crippen LogP contribution in [0.1, 0.15) is 19.3 Å².